The Balaban J connectivity index is 1.73. The summed E-state index contributed by atoms with van der Waals surface area (Å²) in [6.45, 7) is 11.2. The molecule has 0 aliphatic carbocycles. The van der Waals surface area contributed by atoms with Crippen LogP contribution in [-0.2, 0) is 11.3 Å². The van der Waals surface area contributed by atoms with E-state index in [0.717, 1.165) is 35.6 Å². The molecule has 5 nitrogen and oxygen atoms in total. The molecule has 0 saturated heterocycles. The Kier molecular flexibility index (Phi) is 6.26. The topological polar surface area (TPSA) is 56.1 Å². The van der Waals surface area contributed by atoms with Crippen LogP contribution in [0.5, 0.6) is 5.75 Å². The Hall–Kier alpha value is -2.82. The fourth-order valence-electron chi connectivity index (χ4n) is 3.26. The first-order valence-electron chi connectivity index (χ1n) is 10.2. The lowest BCUT2D eigenvalue weighted by Crippen LogP contribution is -2.37. The maximum Gasteiger partial charge on any atom is 0.225 e. The van der Waals surface area contributed by atoms with Gasteiger partial charge in [-0.2, -0.15) is 0 Å². The number of hydrogen-bond donors (Lipinski definition) is 1. The number of fused-ring (bicyclic) bond motifs is 1. The Morgan fingerprint density at radius 1 is 1.17 bits per heavy atom. The predicted octanol–water partition coefficient (Wildman–Crippen LogP) is 5.04. The average Bonchev–Trinajstić information content (AvgIpc) is 3.03. The van der Waals surface area contributed by atoms with Gasteiger partial charge in [0.25, 0.3) is 0 Å². The molecular weight excluding hydrogens is 362 g/mol. The number of nitrogens with one attached hydrogen (secondary N) is 1. The van der Waals surface area contributed by atoms with Gasteiger partial charge in [-0.1, -0.05) is 45.0 Å². The van der Waals surface area contributed by atoms with E-state index in [9.17, 15) is 4.79 Å². The van der Waals surface area contributed by atoms with Gasteiger partial charge in [0, 0.05) is 12.0 Å². The Morgan fingerprint density at radius 2 is 1.93 bits per heavy atom. The first-order valence-corrected chi connectivity index (χ1v) is 10.2. The molecule has 1 heterocycles. The normalized spacial score (nSPS) is 12.7. The van der Waals surface area contributed by atoms with E-state index in [-0.39, 0.29) is 11.9 Å². The molecule has 29 heavy (non-hydrogen) atoms. The number of benzene rings is 2. The average molecular weight is 394 g/mol. The predicted molar refractivity (Wildman–Crippen MR) is 117 cm³/mol. The van der Waals surface area contributed by atoms with Crippen LogP contribution in [0, 0.1) is 12.3 Å². The van der Waals surface area contributed by atoms with Crippen molar-refractivity contribution in [2.75, 3.05) is 6.61 Å². The molecule has 1 N–H and O–H groups in total. The second kappa shape index (κ2) is 8.68. The van der Waals surface area contributed by atoms with E-state index in [0.29, 0.717) is 6.61 Å². The molecule has 0 radical (unpaired) electrons. The zero-order valence-electron chi connectivity index (χ0n) is 18.0. The van der Waals surface area contributed by atoms with Gasteiger partial charge in [-0.15, -0.1) is 0 Å². The smallest absolute Gasteiger partial charge is 0.225 e. The molecule has 0 aliphatic heterocycles. The number of imidazole rings is 1. The number of para-hydroxylation sites is 2. The molecule has 0 fully saturated rings. The molecule has 154 valence electrons. The summed E-state index contributed by atoms with van der Waals surface area (Å²) in [5, 5.41) is 3.11. The summed E-state index contributed by atoms with van der Waals surface area (Å²) < 4.78 is 8.10. The third kappa shape index (κ3) is 5.17. The van der Waals surface area contributed by atoms with E-state index in [4.69, 9.17) is 9.72 Å². The third-order valence-electron chi connectivity index (χ3n) is 4.88. The standard InChI is InChI=1S/C24H31N3O2/c1-17-10-8-11-19(16-17)29-15-9-14-27-21-13-7-6-12-20(21)26-22(27)18(2)25-23(28)24(3,4)5/h6-8,10-13,16,18H,9,14-15H2,1-5H3,(H,25,28). The number of aryl methyl sites for hydroxylation is 2. The second-order valence-electron chi connectivity index (χ2n) is 8.57. The van der Waals surface area contributed by atoms with Crippen molar-refractivity contribution in [3.63, 3.8) is 0 Å². The minimum Gasteiger partial charge on any atom is -0.494 e. The van der Waals surface area contributed by atoms with E-state index in [1.54, 1.807) is 0 Å². The van der Waals surface area contributed by atoms with E-state index in [2.05, 4.69) is 28.9 Å². The zero-order valence-corrected chi connectivity index (χ0v) is 18.0. The second-order valence-corrected chi connectivity index (χ2v) is 8.57. The Labute approximate surface area is 173 Å². The summed E-state index contributed by atoms with van der Waals surface area (Å²) in [7, 11) is 0. The third-order valence-corrected chi connectivity index (χ3v) is 4.88. The number of hydrogen-bond acceptors (Lipinski definition) is 3. The molecule has 3 rings (SSSR count). The molecule has 0 aliphatic rings. The maximum absolute atomic E-state index is 12.5. The summed E-state index contributed by atoms with van der Waals surface area (Å²) in [5.74, 6) is 1.79. The molecule has 0 spiro atoms. The van der Waals surface area contributed by atoms with Crippen LogP contribution in [-0.4, -0.2) is 22.1 Å². The SMILES string of the molecule is Cc1cccc(OCCCn2c(C(C)NC(=O)C(C)(C)C)nc3ccccc32)c1. The minimum absolute atomic E-state index is 0.0198. The maximum atomic E-state index is 12.5. The van der Waals surface area contributed by atoms with Crippen molar-refractivity contribution in [1.82, 2.24) is 14.9 Å². The number of nitrogens with zero attached hydrogens (tertiary/aromatic N) is 2. The van der Waals surface area contributed by atoms with Crippen molar-refractivity contribution in [1.29, 1.82) is 0 Å². The highest BCUT2D eigenvalue weighted by Gasteiger charge is 2.25. The molecule has 1 amide bonds. The summed E-state index contributed by atoms with van der Waals surface area (Å²) in [6.07, 6.45) is 0.848. The minimum atomic E-state index is -0.438. The van der Waals surface area contributed by atoms with Crippen LogP contribution in [0.15, 0.2) is 48.5 Å². The van der Waals surface area contributed by atoms with Gasteiger partial charge in [0.2, 0.25) is 5.91 Å². The van der Waals surface area contributed by atoms with E-state index < -0.39 is 5.41 Å². The molecule has 0 bridgehead atoms. The van der Waals surface area contributed by atoms with Gasteiger partial charge in [-0.05, 0) is 50.1 Å². The van der Waals surface area contributed by atoms with Gasteiger partial charge in [0.05, 0.1) is 23.7 Å². The number of ether oxygens (including phenoxy) is 1. The molecule has 0 saturated carbocycles. The lowest BCUT2D eigenvalue weighted by Gasteiger charge is -2.22. The number of aromatic nitrogens is 2. The Bertz CT molecular complexity index is 985. The van der Waals surface area contributed by atoms with Crippen LogP contribution < -0.4 is 10.1 Å². The number of carbonyl (C=O) groups is 1. The van der Waals surface area contributed by atoms with E-state index in [1.807, 2.05) is 64.1 Å². The van der Waals surface area contributed by atoms with Gasteiger partial charge in [0.15, 0.2) is 0 Å². The van der Waals surface area contributed by atoms with Gasteiger partial charge in [-0.25, -0.2) is 4.98 Å². The van der Waals surface area contributed by atoms with Crippen LogP contribution >= 0.6 is 0 Å². The summed E-state index contributed by atoms with van der Waals surface area (Å²) in [5.41, 5.74) is 2.77. The van der Waals surface area contributed by atoms with Crippen molar-refractivity contribution in [2.45, 2.75) is 53.6 Å². The number of rotatable bonds is 7. The monoisotopic (exact) mass is 393 g/mol. The molecule has 1 atom stereocenters. The van der Waals surface area contributed by atoms with Crippen molar-refractivity contribution in [2.24, 2.45) is 5.41 Å². The largest absolute Gasteiger partial charge is 0.494 e. The van der Waals surface area contributed by atoms with Crippen molar-refractivity contribution < 1.29 is 9.53 Å². The summed E-state index contributed by atoms with van der Waals surface area (Å²) in [4.78, 5) is 17.3. The fraction of sp³-hybridized carbons (Fsp3) is 0.417. The van der Waals surface area contributed by atoms with Crippen LogP contribution in [0.25, 0.3) is 11.0 Å². The fourth-order valence-corrected chi connectivity index (χ4v) is 3.26. The highest BCUT2D eigenvalue weighted by Crippen LogP contribution is 2.23. The number of carbonyl (C=O) groups excluding carboxylic acids is 1. The van der Waals surface area contributed by atoms with Crippen LogP contribution in [0.3, 0.4) is 0 Å². The summed E-state index contributed by atoms with van der Waals surface area (Å²) >= 11 is 0. The van der Waals surface area contributed by atoms with Gasteiger partial charge >= 0.3 is 0 Å². The molecule has 2 aromatic carbocycles. The van der Waals surface area contributed by atoms with Gasteiger partial charge in [0.1, 0.15) is 11.6 Å². The van der Waals surface area contributed by atoms with Crippen molar-refractivity contribution in [3.05, 3.63) is 59.9 Å². The van der Waals surface area contributed by atoms with Crippen molar-refractivity contribution >= 4 is 16.9 Å². The zero-order chi connectivity index (χ0) is 21.0. The summed E-state index contributed by atoms with van der Waals surface area (Å²) in [6, 6.07) is 16.0. The number of amides is 1. The van der Waals surface area contributed by atoms with Crippen molar-refractivity contribution in [3.8, 4) is 5.75 Å². The highest BCUT2D eigenvalue weighted by molar-refractivity contribution is 5.82. The first-order chi connectivity index (χ1) is 13.8. The van der Waals surface area contributed by atoms with Gasteiger partial charge in [-0.3, -0.25) is 4.79 Å². The first kappa shape index (κ1) is 20.9. The molecule has 5 heteroatoms. The lowest BCUT2D eigenvalue weighted by molar-refractivity contribution is -0.129. The van der Waals surface area contributed by atoms with Crippen LogP contribution in [0.4, 0.5) is 0 Å². The van der Waals surface area contributed by atoms with E-state index in [1.165, 1.54) is 5.56 Å². The lowest BCUT2D eigenvalue weighted by atomic mass is 9.95. The molecule has 3 aromatic rings. The van der Waals surface area contributed by atoms with Gasteiger partial charge < -0.3 is 14.6 Å². The molecular formula is C24H31N3O2. The van der Waals surface area contributed by atoms with Crippen LogP contribution in [0.2, 0.25) is 0 Å². The quantitative estimate of drug-likeness (QED) is 0.572. The Morgan fingerprint density at radius 3 is 2.66 bits per heavy atom. The van der Waals surface area contributed by atoms with E-state index >= 15 is 0 Å². The molecule has 1 aromatic heterocycles. The van der Waals surface area contributed by atoms with Crippen LogP contribution in [0.1, 0.15) is 51.5 Å². The molecule has 1 unspecified atom stereocenters. The highest BCUT2D eigenvalue weighted by atomic mass is 16.5.